The van der Waals surface area contributed by atoms with E-state index >= 15 is 4.39 Å². The van der Waals surface area contributed by atoms with Gasteiger partial charge in [0.15, 0.2) is 11.9 Å². The smallest absolute Gasteiger partial charge is 0.445 e. The first-order chi connectivity index (χ1) is 31.7. The maximum atomic E-state index is 15.8. The van der Waals surface area contributed by atoms with E-state index in [4.69, 9.17) is 33.7 Å². The third kappa shape index (κ3) is 14.9. The highest BCUT2D eigenvalue weighted by Crippen LogP contribution is 2.42. The molecule has 3 aromatic rings. The Morgan fingerprint density at radius 3 is 2.47 bits per heavy atom. The van der Waals surface area contributed by atoms with E-state index in [0.717, 1.165) is 37.5 Å². The second-order valence-electron chi connectivity index (χ2n) is 15.6. The number of hydrogen-bond acceptors (Lipinski definition) is 14. The van der Waals surface area contributed by atoms with E-state index in [2.05, 4.69) is 16.7 Å². The van der Waals surface area contributed by atoms with Crippen LogP contribution < -0.4 is 0 Å². The Bertz CT molecular complexity index is 2230. The van der Waals surface area contributed by atoms with Crippen LogP contribution in [0.25, 0.3) is 6.08 Å². The molecule has 0 saturated carbocycles. The standard InChI is InChI=1S/C46H53F3N6O10S/c1-5-22-60-44(58)53(4)19-16-33-17-20-54(21-18-33)41(56)14-15-42(57)63-32(3)64-45(59)65-46(28-55-30-51-29-52-55,38-13-12-36(47)24-40(38)49)31(2)66-37-26-61-43(62-27-37)9-7-6-8-35-11-10-34(25-50)23-39(35)48/h5-13,23-24,29-33,37,43H,1,14-22,26-28H2,2-4H3/b8-6+,9-7+/t31-,32?,37?,43?,46-/m1/s1. The summed E-state index contributed by atoms with van der Waals surface area (Å²) in [5.74, 6) is -3.17. The maximum absolute atomic E-state index is 15.8. The molecule has 66 heavy (non-hydrogen) atoms. The SMILES string of the molecule is C=CCOC(=O)N(C)CCC1CCN(C(=O)CCC(=O)OC(C)OC(=O)O[C@@](Cn2cncn2)(c2ccc(F)cc2F)[C@@H](C)SC2COC(/C=C/C=C/c3ccc(C#N)cc3F)OC2)CC1. The number of piperidine rings is 1. The predicted octanol–water partition coefficient (Wildman–Crippen LogP) is 7.30. The third-order valence-electron chi connectivity index (χ3n) is 10.8. The minimum Gasteiger partial charge on any atom is -0.445 e. The second kappa shape index (κ2) is 24.9. The molecule has 2 aliphatic heterocycles. The highest BCUT2D eigenvalue weighted by molar-refractivity contribution is 8.00. The lowest BCUT2D eigenvalue weighted by molar-refractivity contribution is -0.172. The number of benzene rings is 2. The largest absolute Gasteiger partial charge is 0.512 e. The van der Waals surface area contributed by atoms with Gasteiger partial charge in [-0.25, -0.2) is 32.4 Å². The lowest BCUT2D eigenvalue weighted by atomic mass is 9.89. The molecule has 0 spiro atoms. The summed E-state index contributed by atoms with van der Waals surface area (Å²) in [6.07, 6.45) is 8.23. The van der Waals surface area contributed by atoms with Crippen molar-refractivity contribution >= 4 is 42.0 Å². The van der Waals surface area contributed by atoms with Crippen molar-refractivity contribution < 1.29 is 60.8 Å². The van der Waals surface area contributed by atoms with Gasteiger partial charge in [0.2, 0.25) is 12.2 Å². The normalized spacial score (nSPS) is 18.5. The average Bonchev–Trinajstić information content (AvgIpc) is 3.81. The zero-order valence-electron chi connectivity index (χ0n) is 36.9. The number of nitriles is 1. The minimum absolute atomic E-state index is 0.134. The van der Waals surface area contributed by atoms with Crippen LogP contribution >= 0.6 is 11.8 Å². The van der Waals surface area contributed by atoms with Crippen LogP contribution in [0.2, 0.25) is 0 Å². The van der Waals surface area contributed by atoms with Gasteiger partial charge in [0.1, 0.15) is 36.7 Å². The quantitative estimate of drug-likeness (QED) is 0.0361. The molecule has 0 radical (unpaired) electrons. The van der Waals surface area contributed by atoms with E-state index in [1.54, 1.807) is 37.1 Å². The van der Waals surface area contributed by atoms with Crippen molar-refractivity contribution in [3.63, 3.8) is 0 Å². The molecule has 16 nitrogen and oxygen atoms in total. The number of carbonyl (C=O) groups excluding carboxylic acids is 4. The lowest BCUT2D eigenvalue weighted by Crippen LogP contribution is -2.47. The number of halogens is 3. The number of allylic oxidation sites excluding steroid dienone is 2. The first-order valence-electron chi connectivity index (χ1n) is 21.3. The zero-order valence-corrected chi connectivity index (χ0v) is 37.7. The molecule has 2 amide bonds. The van der Waals surface area contributed by atoms with Crippen LogP contribution in [-0.4, -0.2) is 118 Å². The number of nitrogens with zero attached hydrogens (tertiary/aromatic N) is 6. The number of carbonyl (C=O) groups is 4. The van der Waals surface area contributed by atoms with Gasteiger partial charge >= 0.3 is 18.2 Å². The van der Waals surface area contributed by atoms with Crippen molar-refractivity contribution in [1.82, 2.24) is 24.6 Å². The van der Waals surface area contributed by atoms with Gasteiger partial charge in [0.25, 0.3) is 0 Å². The molecule has 0 N–H and O–H groups in total. The van der Waals surface area contributed by atoms with E-state index in [9.17, 15) is 28.0 Å². The van der Waals surface area contributed by atoms with Crippen molar-refractivity contribution in [2.24, 2.45) is 5.92 Å². The summed E-state index contributed by atoms with van der Waals surface area (Å²) in [6.45, 7) is 8.12. The summed E-state index contributed by atoms with van der Waals surface area (Å²) < 4.78 is 79.2. The molecule has 20 heteroatoms. The fourth-order valence-electron chi connectivity index (χ4n) is 7.25. The van der Waals surface area contributed by atoms with Gasteiger partial charge in [0, 0.05) is 62.5 Å². The number of thioether (sulfide) groups is 1. The van der Waals surface area contributed by atoms with Crippen molar-refractivity contribution in [3.8, 4) is 6.07 Å². The molecular weight excluding hydrogens is 886 g/mol. The fourth-order valence-corrected chi connectivity index (χ4v) is 8.61. The molecule has 3 atom stereocenters. The Labute approximate surface area is 385 Å². The summed E-state index contributed by atoms with van der Waals surface area (Å²) in [6, 6.07) is 8.86. The van der Waals surface area contributed by atoms with Crippen LogP contribution in [-0.2, 0) is 50.2 Å². The van der Waals surface area contributed by atoms with Crippen LogP contribution in [0.3, 0.4) is 0 Å². The van der Waals surface area contributed by atoms with Gasteiger partial charge in [-0.1, -0.05) is 36.9 Å². The predicted molar refractivity (Wildman–Crippen MR) is 234 cm³/mol. The monoisotopic (exact) mass is 938 g/mol. The molecule has 2 saturated heterocycles. The molecule has 2 aromatic carbocycles. The summed E-state index contributed by atoms with van der Waals surface area (Å²) in [5, 5.41) is 11.9. The Morgan fingerprint density at radius 1 is 1.05 bits per heavy atom. The first kappa shape index (κ1) is 50.8. The van der Waals surface area contributed by atoms with E-state index < -0.39 is 59.1 Å². The number of amides is 2. The van der Waals surface area contributed by atoms with E-state index in [0.29, 0.717) is 37.2 Å². The van der Waals surface area contributed by atoms with Crippen molar-refractivity contribution in [2.75, 3.05) is 46.5 Å². The molecule has 354 valence electrons. The maximum Gasteiger partial charge on any atom is 0.512 e. The third-order valence-corrected chi connectivity index (χ3v) is 12.3. The first-order valence-corrected chi connectivity index (χ1v) is 22.2. The van der Waals surface area contributed by atoms with Crippen LogP contribution in [0.4, 0.5) is 22.8 Å². The summed E-state index contributed by atoms with van der Waals surface area (Å²) >= 11 is 1.24. The van der Waals surface area contributed by atoms with Gasteiger partial charge in [0.05, 0.1) is 43.1 Å². The number of esters is 1. The highest BCUT2D eigenvalue weighted by Gasteiger charge is 2.47. The Kier molecular flexibility index (Phi) is 19.2. The highest BCUT2D eigenvalue weighted by atomic mass is 32.2. The average molecular weight is 939 g/mol. The Morgan fingerprint density at radius 2 is 1.80 bits per heavy atom. The number of likely N-dealkylation sites (tertiary alicyclic amines) is 1. The van der Waals surface area contributed by atoms with Gasteiger partial charge < -0.3 is 38.2 Å². The van der Waals surface area contributed by atoms with Gasteiger partial charge in [-0.05, 0) is 62.4 Å². The molecular formula is C46H53F3N6O10S. The molecule has 2 fully saturated rings. The molecule has 2 aliphatic rings. The fraction of sp³-hybridized carbons (Fsp3) is 0.457. The second-order valence-corrected chi connectivity index (χ2v) is 17.2. The number of ether oxygens (including phenoxy) is 6. The number of rotatable bonds is 20. The molecule has 0 aliphatic carbocycles. The Balaban J connectivity index is 1.16. The van der Waals surface area contributed by atoms with Crippen molar-refractivity contribution in [3.05, 3.63) is 114 Å². The summed E-state index contributed by atoms with van der Waals surface area (Å²) in [4.78, 5) is 58.6. The zero-order chi connectivity index (χ0) is 47.6. The van der Waals surface area contributed by atoms with E-state index in [1.165, 1.54) is 65.2 Å². The van der Waals surface area contributed by atoms with Crippen LogP contribution in [0.5, 0.6) is 0 Å². The van der Waals surface area contributed by atoms with Gasteiger partial charge in [-0.15, -0.1) is 11.8 Å². The number of aromatic nitrogens is 3. The van der Waals surface area contributed by atoms with Crippen LogP contribution in [0.15, 0.2) is 79.9 Å². The van der Waals surface area contributed by atoms with Gasteiger partial charge in [-0.3, -0.25) is 9.59 Å². The van der Waals surface area contributed by atoms with E-state index in [-0.39, 0.29) is 61.5 Å². The Hall–Kier alpha value is -6.17. The molecule has 1 aromatic heterocycles. The molecule has 0 bridgehead atoms. The van der Waals surface area contributed by atoms with Gasteiger partial charge in [-0.2, -0.15) is 10.4 Å². The summed E-state index contributed by atoms with van der Waals surface area (Å²) in [7, 11) is 1.66. The molecule has 1 unspecified atom stereocenters. The lowest BCUT2D eigenvalue weighted by Gasteiger charge is -2.40. The van der Waals surface area contributed by atoms with Crippen molar-refractivity contribution in [2.45, 2.75) is 81.2 Å². The minimum atomic E-state index is -1.94. The molecule has 3 heterocycles. The number of hydrogen-bond donors (Lipinski definition) is 0. The summed E-state index contributed by atoms with van der Waals surface area (Å²) in [5.41, 5.74) is -1.64. The van der Waals surface area contributed by atoms with E-state index in [1.807, 2.05) is 6.07 Å². The van der Waals surface area contributed by atoms with Crippen LogP contribution in [0, 0.1) is 34.7 Å². The topological polar surface area (TPSA) is 185 Å². The van der Waals surface area contributed by atoms with Crippen molar-refractivity contribution in [1.29, 1.82) is 5.26 Å². The van der Waals surface area contributed by atoms with Crippen LogP contribution in [0.1, 0.15) is 62.6 Å². The molecule has 5 rings (SSSR count).